The van der Waals surface area contributed by atoms with Crippen molar-refractivity contribution in [2.75, 3.05) is 6.61 Å². The van der Waals surface area contributed by atoms with E-state index in [9.17, 15) is 4.79 Å². The van der Waals surface area contributed by atoms with Crippen LogP contribution >= 0.6 is 0 Å². The second-order valence-corrected chi connectivity index (χ2v) is 3.73. The van der Waals surface area contributed by atoms with Gasteiger partial charge in [-0.05, 0) is 19.1 Å². The standard InChI is InChI=1S/C12H10N2O2/c1-8-13-10-4-2-3-5-11(10)14(8)9-6-12(15)16-7-9/h2-6H,7H2,1H3. The molecule has 0 aliphatic carbocycles. The topological polar surface area (TPSA) is 44.1 Å². The van der Waals surface area contributed by atoms with E-state index in [1.807, 2.05) is 35.8 Å². The van der Waals surface area contributed by atoms with Gasteiger partial charge in [0.2, 0.25) is 0 Å². The Kier molecular flexibility index (Phi) is 1.83. The van der Waals surface area contributed by atoms with E-state index < -0.39 is 0 Å². The average molecular weight is 214 g/mol. The van der Waals surface area contributed by atoms with Crippen molar-refractivity contribution in [1.82, 2.24) is 9.55 Å². The summed E-state index contributed by atoms with van der Waals surface area (Å²) in [4.78, 5) is 15.5. The van der Waals surface area contributed by atoms with Crippen LogP contribution in [0.15, 0.2) is 30.3 Å². The molecule has 16 heavy (non-hydrogen) atoms. The number of fused-ring (bicyclic) bond motifs is 1. The van der Waals surface area contributed by atoms with Gasteiger partial charge in [-0.1, -0.05) is 12.1 Å². The van der Waals surface area contributed by atoms with Crippen molar-refractivity contribution in [2.45, 2.75) is 6.92 Å². The maximum atomic E-state index is 11.1. The molecule has 2 aromatic rings. The number of carbonyl (C=O) groups is 1. The molecule has 0 atom stereocenters. The fourth-order valence-corrected chi connectivity index (χ4v) is 2.00. The molecular weight excluding hydrogens is 204 g/mol. The van der Waals surface area contributed by atoms with E-state index in [2.05, 4.69) is 4.98 Å². The van der Waals surface area contributed by atoms with Crippen LogP contribution in [0.3, 0.4) is 0 Å². The smallest absolute Gasteiger partial charge is 0.333 e. The third-order valence-corrected chi connectivity index (χ3v) is 2.66. The molecule has 1 aromatic carbocycles. The molecule has 2 heterocycles. The van der Waals surface area contributed by atoms with Gasteiger partial charge >= 0.3 is 5.97 Å². The quantitative estimate of drug-likeness (QED) is 0.679. The molecule has 0 fully saturated rings. The number of nitrogens with zero attached hydrogens (tertiary/aromatic N) is 2. The molecule has 3 rings (SSSR count). The SMILES string of the molecule is Cc1nc2ccccc2n1C1=CC(=O)OC1. The monoisotopic (exact) mass is 214 g/mol. The number of aromatic nitrogens is 2. The van der Waals surface area contributed by atoms with Gasteiger partial charge in [-0.2, -0.15) is 0 Å². The Balaban J connectivity index is 2.27. The Morgan fingerprint density at radius 2 is 2.19 bits per heavy atom. The number of esters is 1. The third kappa shape index (κ3) is 1.23. The summed E-state index contributed by atoms with van der Waals surface area (Å²) in [6, 6.07) is 7.85. The first kappa shape index (κ1) is 9.15. The highest BCUT2D eigenvalue weighted by atomic mass is 16.5. The molecule has 0 unspecified atom stereocenters. The highest BCUT2D eigenvalue weighted by molar-refractivity contribution is 5.94. The van der Waals surface area contributed by atoms with E-state index in [1.165, 1.54) is 6.08 Å². The van der Waals surface area contributed by atoms with Crippen molar-refractivity contribution < 1.29 is 9.53 Å². The van der Waals surface area contributed by atoms with Gasteiger partial charge in [-0.15, -0.1) is 0 Å². The minimum Gasteiger partial charge on any atom is -0.456 e. The number of rotatable bonds is 1. The lowest BCUT2D eigenvalue weighted by molar-refractivity contribution is -0.134. The van der Waals surface area contributed by atoms with Gasteiger partial charge in [-0.25, -0.2) is 9.78 Å². The molecule has 0 saturated carbocycles. The van der Waals surface area contributed by atoms with Crippen LogP contribution in [0.4, 0.5) is 0 Å². The normalized spacial score (nSPS) is 15.3. The van der Waals surface area contributed by atoms with Crippen LogP contribution in [0.1, 0.15) is 5.82 Å². The first-order valence-corrected chi connectivity index (χ1v) is 5.07. The zero-order valence-electron chi connectivity index (χ0n) is 8.80. The number of aryl methyl sites for hydroxylation is 1. The largest absolute Gasteiger partial charge is 0.456 e. The minimum atomic E-state index is -0.285. The maximum Gasteiger partial charge on any atom is 0.333 e. The third-order valence-electron chi connectivity index (χ3n) is 2.66. The van der Waals surface area contributed by atoms with Gasteiger partial charge in [0, 0.05) is 6.08 Å². The van der Waals surface area contributed by atoms with Crippen molar-refractivity contribution >= 4 is 22.7 Å². The molecule has 1 aromatic heterocycles. The Bertz CT molecular complexity index is 611. The van der Waals surface area contributed by atoms with Crippen molar-refractivity contribution in [3.05, 3.63) is 36.2 Å². The molecule has 0 amide bonds. The van der Waals surface area contributed by atoms with Gasteiger partial charge in [0.25, 0.3) is 0 Å². The van der Waals surface area contributed by atoms with Crippen molar-refractivity contribution in [3.8, 4) is 0 Å². The maximum absolute atomic E-state index is 11.1. The minimum absolute atomic E-state index is 0.285. The van der Waals surface area contributed by atoms with E-state index in [-0.39, 0.29) is 5.97 Å². The lowest BCUT2D eigenvalue weighted by atomic mass is 10.3. The predicted molar refractivity (Wildman–Crippen MR) is 59.7 cm³/mol. The first-order valence-electron chi connectivity index (χ1n) is 5.07. The number of hydrogen-bond donors (Lipinski definition) is 0. The first-order chi connectivity index (χ1) is 7.75. The van der Waals surface area contributed by atoms with Crippen LogP contribution in [0.2, 0.25) is 0 Å². The average Bonchev–Trinajstić information content (AvgIpc) is 2.80. The predicted octanol–water partition coefficient (Wildman–Crippen LogP) is 1.74. The number of carbonyl (C=O) groups excluding carboxylic acids is 1. The summed E-state index contributed by atoms with van der Waals surface area (Å²) >= 11 is 0. The van der Waals surface area contributed by atoms with E-state index in [0.29, 0.717) is 6.61 Å². The molecule has 0 saturated heterocycles. The van der Waals surface area contributed by atoms with Gasteiger partial charge in [0.1, 0.15) is 12.4 Å². The fraction of sp³-hybridized carbons (Fsp3) is 0.167. The van der Waals surface area contributed by atoms with Crippen LogP contribution < -0.4 is 0 Å². The summed E-state index contributed by atoms with van der Waals surface area (Å²) in [5.41, 5.74) is 2.78. The molecule has 0 radical (unpaired) electrons. The van der Waals surface area contributed by atoms with Gasteiger partial charge in [0.15, 0.2) is 0 Å². The van der Waals surface area contributed by atoms with E-state index >= 15 is 0 Å². The van der Waals surface area contributed by atoms with E-state index in [1.54, 1.807) is 0 Å². The van der Waals surface area contributed by atoms with Crippen molar-refractivity contribution in [2.24, 2.45) is 0 Å². The molecular formula is C12H10N2O2. The van der Waals surface area contributed by atoms with Crippen LogP contribution in [-0.4, -0.2) is 22.1 Å². The molecule has 0 spiro atoms. The van der Waals surface area contributed by atoms with E-state index in [4.69, 9.17) is 4.74 Å². The molecule has 1 aliphatic rings. The number of para-hydroxylation sites is 2. The fourth-order valence-electron chi connectivity index (χ4n) is 2.00. The zero-order chi connectivity index (χ0) is 11.1. The second-order valence-electron chi connectivity index (χ2n) is 3.73. The number of cyclic esters (lactones) is 1. The summed E-state index contributed by atoms with van der Waals surface area (Å²) in [5, 5.41) is 0. The molecule has 1 aliphatic heterocycles. The number of benzene rings is 1. The summed E-state index contributed by atoms with van der Waals surface area (Å²) in [5.74, 6) is 0.581. The number of hydrogen-bond acceptors (Lipinski definition) is 3. The Morgan fingerprint density at radius 1 is 1.38 bits per heavy atom. The van der Waals surface area contributed by atoms with Crippen LogP contribution in [0.25, 0.3) is 16.7 Å². The molecule has 4 heteroatoms. The lowest BCUT2D eigenvalue weighted by Gasteiger charge is -2.05. The van der Waals surface area contributed by atoms with Gasteiger partial charge in [-0.3, -0.25) is 4.57 Å². The Hall–Kier alpha value is -2.10. The highest BCUT2D eigenvalue weighted by Crippen LogP contribution is 2.22. The Morgan fingerprint density at radius 3 is 2.94 bits per heavy atom. The summed E-state index contributed by atoms with van der Waals surface area (Å²) in [7, 11) is 0. The molecule has 0 N–H and O–H groups in total. The van der Waals surface area contributed by atoms with Gasteiger partial charge in [0.05, 0.1) is 16.7 Å². The summed E-state index contributed by atoms with van der Waals surface area (Å²) in [6.07, 6.45) is 1.52. The molecule has 4 nitrogen and oxygen atoms in total. The van der Waals surface area contributed by atoms with Crippen molar-refractivity contribution in [3.63, 3.8) is 0 Å². The van der Waals surface area contributed by atoms with Crippen LogP contribution in [0, 0.1) is 6.92 Å². The van der Waals surface area contributed by atoms with Crippen molar-refractivity contribution in [1.29, 1.82) is 0 Å². The van der Waals surface area contributed by atoms with E-state index in [0.717, 1.165) is 22.6 Å². The zero-order valence-corrected chi connectivity index (χ0v) is 8.80. The molecule has 80 valence electrons. The summed E-state index contributed by atoms with van der Waals surface area (Å²) < 4.78 is 6.87. The summed E-state index contributed by atoms with van der Waals surface area (Å²) in [6.45, 7) is 2.24. The Labute approximate surface area is 92.2 Å². The van der Waals surface area contributed by atoms with Crippen LogP contribution in [0.5, 0.6) is 0 Å². The highest BCUT2D eigenvalue weighted by Gasteiger charge is 2.18. The molecule has 0 bridgehead atoms. The van der Waals surface area contributed by atoms with Gasteiger partial charge < -0.3 is 4.74 Å². The second kappa shape index (κ2) is 3.20. The number of ether oxygens (including phenoxy) is 1. The van der Waals surface area contributed by atoms with Crippen LogP contribution in [-0.2, 0) is 9.53 Å². The lowest BCUT2D eigenvalue weighted by Crippen LogP contribution is -2.01. The number of imidazole rings is 1.